The molecule has 3 aromatic rings. The van der Waals surface area contributed by atoms with Crippen LogP contribution in [0.25, 0.3) is 5.70 Å². The molecule has 0 fully saturated rings. The molecule has 0 saturated heterocycles. The highest BCUT2D eigenvalue weighted by atomic mass is 16.3. The van der Waals surface area contributed by atoms with Crippen molar-refractivity contribution in [3.05, 3.63) is 96.1 Å². The minimum absolute atomic E-state index is 0.00523. The van der Waals surface area contributed by atoms with E-state index in [1.165, 1.54) is 17.3 Å². The summed E-state index contributed by atoms with van der Waals surface area (Å²) >= 11 is 0. The number of benzene rings is 3. The first-order valence-electron chi connectivity index (χ1n) is 8.20. The van der Waals surface area contributed by atoms with Crippen molar-refractivity contribution in [1.29, 1.82) is 0 Å². The first kappa shape index (κ1) is 15.8. The molecule has 0 unspecified atom stereocenters. The zero-order valence-corrected chi connectivity index (χ0v) is 13.9. The molecule has 3 N–H and O–H groups in total. The Kier molecular flexibility index (Phi) is 4.03. The molecule has 0 radical (unpaired) electrons. The largest absolute Gasteiger partial charge is 0.508 e. The maximum absolute atomic E-state index is 10.2. The maximum Gasteiger partial charge on any atom is 0.146 e. The number of hydrazine groups is 1. The van der Waals surface area contributed by atoms with E-state index < -0.39 is 0 Å². The monoisotopic (exact) mass is 343 g/mol. The minimum atomic E-state index is -0.0667. The van der Waals surface area contributed by atoms with Crippen LogP contribution in [0.5, 0.6) is 11.5 Å². The van der Waals surface area contributed by atoms with Crippen molar-refractivity contribution in [2.24, 2.45) is 5.10 Å². The predicted octanol–water partition coefficient (Wildman–Crippen LogP) is 3.87. The average molecular weight is 343 g/mol. The van der Waals surface area contributed by atoms with Crippen LogP contribution in [0.3, 0.4) is 0 Å². The lowest BCUT2D eigenvalue weighted by Crippen LogP contribution is -2.36. The smallest absolute Gasteiger partial charge is 0.146 e. The summed E-state index contributed by atoms with van der Waals surface area (Å²) in [5.41, 5.74) is 7.23. The standard InChI is InChI=1S/C21H17N3O2/c25-17-11-12-20(21(26)13-17)24-22-18(15-7-3-1-4-8-15)14-19(23-24)16-9-5-2-6-10-16/h1-14,22,25-26H. The van der Waals surface area contributed by atoms with Gasteiger partial charge in [0.2, 0.25) is 0 Å². The lowest BCUT2D eigenvalue weighted by molar-refractivity contribution is 0.449. The fourth-order valence-electron chi connectivity index (χ4n) is 2.77. The number of allylic oxidation sites excluding steroid dienone is 1. The van der Waals surface area contributed by atoms with Crippen molar-refractivity contribution in [1.82, 2.24) is 5.43 Å². The van der Waals surface area contributed by atoms with E-state index in [9.17, 15) is 10.2 Å². The van der Waals surface area contributed by atoms with Gasteiger partial charge in [0.1, 0.15) is 17.2 Å². The van der Waals surface area contributed by atoms with Crippen LogP contribution in [0.15, 0.2) is 90.0 Å². The highest BCUT2D eigenvalue weighted by Gasteiger charge is 2.19. The van der Waals surface area contributed by atoms with Gasteiger partial charge in [-0.15, -0.1) is 0 Å². The number of hydrogen-bond donors (Lipinski definition) is 3. The van der Waals surface area contributed by atoms with E-state index in [0.29, 0.717) is 5.69 Å². The first-order chi connectivity index (χ1) is 12.7. The second-order valence-electron chi connectivity index (χ2n) is 5.87. The van der Waals surface area contributed by atoms with E-state index in [1.807, 2.05) is 66.7 Å². The Bertz CT molecular complexity index is 983. The van der Waals surface area contributed by atoms with Gasteiger partial charge < -0.3 is 10.2 Å². The van der Waals surface area contributed by atoms with Gasteiger partial charge in [-0.2, -0.15) is 10.2 Å². The van der Waals surface area contributed by atoms with Gasteiger partial charge in [-0.25, -0.2) is 0 Å². The summed E-state index contributed by atoms with van der Waals surface area (Å²) in [6.45, 7) is 0. The van der Waals surface area contributed by atoms with Crippen molar-refractivity contribution in [2.45, 2.75) is 0 Å². The Morgan fingerprint density at radius 1 is 0.769 bits per heavy atom. The van der Waals surface area contributed by atoms with Crippen LogP contribution in [-0.2, 0) is 0 Å². The number of anilines is 1. The fourth-order valence-corrected chi connectivity index (χ4v) is 2.77. The van der Waals surface area contributed by atoms with Crippen LogP contribution in [0.4, 0.5) is 5.69 Å². The molecule has 5 heteroatoms. The van der Waals surface area contributed by atoms with Gasteiger partial charge >= 0.3 is 0 Å². The maximum atomic E-state index is 10.2. The Morgan fingerprint density at radius 3 is 2.08 bits per heavy atom. The predicted molar refractivity (Wildman–Crippen MR) is 103 cm³/mol. The molecule has 1 aliphatic rings. The summed E-state index contributed by atoms with van der Waals surface area (Å²) < 4.78 is 0. The van der Waals surface area contributed by atoms with Gasteiger partial charge in [0, 0.05) is 11.6 Å². The molecule has 3 aromatic carbocycles. The van der Waals surface area contributed by atoms with E-state index in [-0.39, 0.29) is 11.5 Å². The van der Waals surface area contributed by atoms with Crippen LogP contribution < -0.4 is 10.5 Å². The van der Waals surface area contributed by atoms with Crippen LogP contribution in [0.1, 0.15) is 11.1 Å². The first-order valence-corrected chi connectivity index (χ1v) is 8.20. The van der Waals surface area contributed by atoms with E-state index in [2.05, 4.69) is 10.5 Å². The summed E-state index contributed by atoms with van der Waals surface area (Å²) in [5, 5.41) is 25.9. The quantitative estimate of drug-likeness (QED) is 0.675. The minimum Gasteiger partial charge on any atom is -0.508 e. The van der Waals surface area contributed by atoms with Crippen LogP contribution in [-0.4, -0.2) is 15.9 Å². The van der Waals surface area contributed by atoms with Gasteiger partial charge in [0.25, 0.3) is 0 Å². The molecule has 0 atom stereocenters. The number of hydrazone groups is 1. The zero-order chi connectivity index (χ0) is 17.9. The molecule has 5 nitrogen and oxygen atoms in total. The van der Waals surface area contributed by atoms with Crippen molar-refractivity contribution in [2.75, 3.05) is 5.12 Å². The van der Waals surface area contributed by atoms with Crippen molar-refractivity contribution in [3.8, 4) is 11.5 Å². The summed E-state index contributed by atoms with van der Waals surface area (Å²) in [6.07, 6.45) is 1.97. The molecule has 0 aliphatic carbocycles. The second-order valence-corrected chi connectivity index (χ2v) is 5.87. The number of nitrogens with one attached hydrogen (secondary N) is 1. The molecule has 0 amide bonds. The van der Waals surface area contributed by atoms with Crippen LogP contribution >= 0.6 is 0 Å². The summed E-state index contributed by atoms with van der Waals surface area (Å²) in [5.74, 6) is -0.0719. The SMILES string of the molecule is Oc1ccc(N2N=C(c3ccccc3)C=C(c3ccccc3)N2)c(O)c1. The summed E-state index contributed by atoms with van der Waals surface area (Å²) in [7, 11) is 0. The molecular formula is C21H17N3O2. The zero-order valence-electron chi connectivity index (χ0n) is 13.9. The molecule has 4 rings (SSSR count). The highest BCUT2D eigenvalue weighted by molar-refractivity contribution is 6.13. The molecular weight excluding hydrogens is 326 g/mol. The Labute approximate surface area is 151 Å². The van der Waals surface area contributed by atoms with E-state index in [1.54, 1.807) is 6.07 Å². The topological polar surface area (TPSA) is 68.1 Å². The van der Waals surface area contributed by atoms with E-state index in [4.69, 9.17) is 0 Å². The van der Waals surface area contributed by atoms with Crippen LogP contribution in [0.2, 0.25) is 0 Å². The van der Waals surface area contributed by atoms with Gasteiger partial charge in [0.05, 0.1) is 11.4 Å². The number of nitrogens with zero attached hydrogens (tertiary/aromatic N) is 2. The summed E-state index contributed by atoms with van der Waals surface area (Å²) in [4.78, 5) is 0. The number of aromatic hydroxyl groups is 2. The Balaban J connectivity index is 1.81. The summed E-state index contributed by atoms with van der Waals surface area (Å²) in [6, 6.07) is 24.1. The molecule has 0 aromatic heterocycles. The van der Waals surface area contributed by atoms with Crippen molar-refractivity contribution < 1.29 is 10.2 Å². The third kappa shape index (κ3) is 3.10. The third-order valence-corrected chi connectivity index (χ3v) is 4.06. The normalized spacial score (nSPS) is 13.6. The second kappa shape index (κ2) is 6.64. The van der Waals surface area contributed by atoms with Crippen LogP contribution in [0, 0.1) is 0 Å². The molecule has 0 saturated carbocycles. The van der Waals surface area contributed by atoms with Crippen molar-refractivity contribution >= 4 is 17.1 Å². The molecule has 1 aliphatic heterocycles. The van der Waals surface area contributed by atoms with Gasteiger partial charge in [-0.05, 0) is 23.8 Å². The number of hydrogen-bond acceptors (Lipinski definition) is 5. The lowest BCUT2D eigenvalue weighted by Gasteiger charge is -2.28. The number of phenols is 2. The Morgan fingerprint density at radius 2 is 1.42 bits per heavy atom. The molecule has 0 bridgehead atoms. The highest BCUT2D eigenvalue weighted by Crippen LogP contribution is 2.32. The molecule has 1 heterocycles. The Hall–Kier alpha value is -3.73. The molecule has 26 heavy (non-hydrogen) atoms. The number of phenolic OH excluding ortho intramolecular Hbond substituents is 2. The lowest BCUT2D eigenvalue weighted by atomic mass is 10.1. The fraction of sp³-hybridized carbons (Fsp3) is 0. The van der Waals surface area contributed by atoms with Crippen molar-refractivity contribution in [3.63, 3.8) is 0 Å². The molecule has 128 valence electrons. The average Bonchev–Trinajstić information content (AvgIpc) is 2.69. The molecule has 0 spiro atoms. The van der Waals surface area contributed by atoms with E-state index >= 15 is 0 Å². The van der Waals surface area contributed by atoms with Gasteiger partial charge in [-0.1, -0.05) is 60.7 Å². The van der Waals surface area contributed by atoms with Gasteiger partial charge in [-0.3, -0.25) is 5.43 Å². The number of rotatable bonds is 3. The van der Waals surface area contributed by atoms with E-state index in [0.717, 1.165) is 22.5 Å². The van der Waals surface area contributed by atoms with Gasteiger partial charge in [0.15, 0.2) is 0 Å². The third-order valence-electron chi connectivity index (χ3n) is 4.06.